The van der Waals surface area contributed by atoms with Gasteiger partial charge in [-0.2, -0.15) is 0 Å². The van der Waals surface area contributed by atoms with Crippen LogP contribution in [-0.2, 0) is 0 Å². The standard InChI is InChI=1S/C11H22Si/c1-8-5-10-6-9(8)7-11(10)12(2,3)4/h8-11H,5-7H2,1-4H3/t8-,9-,10+,11+/m0/s1. The zero-order valence-corrected chi connectivity index (χ0v) is 9.93. The minimum Gasteiger partial charge on any atom is -0.0693 e. The van der Waals surface area contributed by atoms with Gasteiger partial charge in [-0.15, -0.1) is 0 Å². The van der Waals surface area contributed by atoms with E-state index in [1.165, 1.54) is 5.54 Å². The lowest BCUT2D eigenvalue weighted by Gasteiger charge is -2.34. The fourth-order valence-electron chi connectivity index (χ4n) is 3.62. The summed E-state index contributed by atoms with van der Waals surface area (Å²) in [5.41, 5.74) is 1.17. The highest BCUT2D eigenvalue weighted by Gasteiger charge is 2.48. The van der Waals surface area contributed by atoms with Crippen molar-refractivity contribution in [2.45, 2.75) is 51.4 Å². The molecule has 0 heterocycles. The molecule has 0 aliphatic heterocycles. The van der Waals surface area contributed by atoms with E-state index in [9.17, 15) is 0 Å². The van der Waals surface area contributed by atoms with Crippen LogP contribution in [0.5, 0.6) is 0 Å². The Morgan fingerprint density at radius 1 is 0.917 bits per heavy atom. The van der Waals surface area contributed by atoms with E-state index < -0.39 is 8.07 Å². The lowest BCUT2D eigenvalue weighted by atomic mass is 9.90. The third-order valence-corrected chi connectivity index (χ3v) is 7.25. The van der Waals surface area contributed by atoms with E-state index in [1.54, 1.807) is 19.3 Å². The van der Waals surface area contributed by atoms with Crippen LogP contribution in [0.2, 0.25) is 25.2 Å². The molecular formula is C11H22Si. The highest BCUT2D eigenvalue weighted by Crippen LogP contribution is 2.57. The third-order valence-electron chi connectivity index (χ3n) is 4.32. The van der Waals surface area contributed by atoms with Crippen molar-refractivity contribution < 1.29 is 0 Å². The van der Waals surface area contributed by atoms with Crippen molar-refractivity contribution in [3.8, 4) is 0 Å². The van der Waals surface area contributed by atoms with Gasteiger partial charge in [0, 0.05) is 8.07 Å². The Morgan fingerprint density at radius 3 is 1.92 bits per heavy atom. The van der Waals surface area contributed by atoms with E-state index in [-0.39, 0.29) is 0 Å². The van der Waals surface area contributed by atoms with E-state index >= 15 is 0 Å². The van der Waals surface area contributed by atoms with Gasteiger partial charge in [-0.05, 0) is 42.6 Å². The molecule has 0 aromatic carbocycles. The molecule has 2 saturated carbocycles. The molecule has 2 rings (SSSR count). The molecule has 1 heteroatoms. The summed E-state index contributed by atoms with van der Waals surface area (Å²) in [6.07, 6.45) is 4.72. The predicted octanol–water partition coefficient (Wildman–Crippen LogP) is 3.76. The van der Waals surface area contributed by atoms with Gasteiger partial charge in [0.15, 0.2) is 0 Å². The van der Waals surface area contributed by atoms with Crippen molar-refractivity contribution in [3.05, 3.63) is 0 Å². The largest absolute Gasteiger partial charge is 0.0693 e. The van der Waals surface area contributed by atoms with E-state index in [2.05, 4.69) is 26.6 Å². The molecule has 0 aromatic heterocycles. The topological polar surface area (TPSA) is 0 Å². The van der Waals surface area contributed by atoms with Crippen molar-refractivity contribution in [3.63, 3.8) is 0 Å². The minimum absolute atomic E-state index is 0.807. The lowest BCUT2D eigenvalue weighted by molar-refractivity contribution is 0.355. The number of hydrogen-bond acceptors (Lipinski definition) is 0. The van der Waals surface area contributed by atoms with Crippen molar-refractivity contribution in [1.29, 1.82) is 0 Å². The van der Waals surface area contributed by atoms with Crippen LogP contribution in [0, 0.1) is 17.8 Å². The number of rotatable bonds is 1. The van der Waals surface area contributed by atoms with Crippen LogP contribution < -0.4 is 0 Å². The summed E-state index contributed by atoms with van der Waals surface area (Å²) in [5.74, 6) is 3.31. The average Bonchev–Trinajstić information content (AvgIpc) is 2.41. The molecule has 0 radical (unpaired) electrons. The zero-order chi connectivity index (χ0) is 8.93. The first-order chi connectivity index (χ1) is 5.48. The van der Waals surface area contributed by atoms with Crippen molar-refractivity contribution in [2.24, 2.45) is 17.8 Å². The summed E-state index contributed by atoms with van der Waals surface area (Å²) >= 11 is 0. The summed E-state index contributed by atoms with van der Waals surface area (Å²) in [5, 5.41) is 0. The molecule has 4 atom stereocenters. The van der Waals surface area contributed by atoms with Crippen LogP contribution in [-0.4, -0.2) is 8.07 Å². The number of hydrogen-bond donors (Lipinski definition) is 0. The maximum atomic E-state index is 2.56. The molecule has 2 aliphatic rings. The van der Waals surface area contributed by atoms with Gasteiger partial charge in [-0.1, -0.05) is 26.6 Å². The fourth-order valence-corrected chi connectivity index (χ4v) is 6.32. The Balaban J connectivity index is 2.08. The van der Waals surface area contributed by atoms with Gasteiger partial charge in [-0.25, -0.2) is 0 Å². The molecule has 2 bridgehead atoms. The molecule has 0 unspecified atom stereocenters. The molecule has 0 saturated heterocycles. The highest BCUT2D eigenvalue weighted by molar-refractivity contribution is 6.77. The maximum Gasteiger partial charge on any atom is 0.0476 e. The molecule has 12 heavy (non-hydrogen) atoms. The van der Waals surface area contributed by atoms with Crippen molar-refractivity contribution >= 4 is 8.07 Å². The van der Waals surface area contributed by atoms with Crippen LogP contribution in [0.15, 0.2) is 0 Å². The Kier molecular flexibility index (Phi) is 1.91. The van der Waals surface area contributed by atoms with Crippen LogP contribution in [0.4, 0.5) is 0 Å². The average molecular weight is 182 g/mol. The van der Waals surface area contributed by atoms with E-state index in [4.69, 9.17) is 0 Å². The third kappa shape index (κ3) is 1.26. The molecule has 2 fully saturated rings. The summed E-state index contributed by atoms with van der Waals surface area (Å²) in [6.45, 7) is 10.1. The lowest BCUT2D eigenvalue weighted by Crippen LogP contribution is -2.32. The Bertz CT molecular complexity index is 178. The first-order valence-electron chi connectivity index (χ1n) is 5.48. The van der Waals surface area contributed by atoms with Crippen LogP contribution in [0.25, 0.3) is 0 Å². The van der Waals surface area contributed by atoms with Gasteiger partial charge in [0.05, 0.1) is 0 Å². The van der Waals surface area contributed by atoms with Crippen LogP contribution >= 0.6 is 0 Å². The molecule has 0 aromatic rings. The first kappa shape index (κ1) is 8.80. The SMILES string of the molecule is C[C@H]1C[C@@H]2C[C@H]1C[C@H]2[Si](C)(C)C. The molecule has 70 valence electrons. The Labute approximate surface area is 77.8 Å². The van der Waals surface area contributed by atoms with Crippen LogP contribution in [0.3, 0.4) is 0 Å². The predicted molar refractivity (Wildman–Crippen MR) is 57.1 cm³/mol. The molecule has 0 nitrogen and oxygen atoms in total. The quantitative estimate of drug-likeness (QED) is 0.542. The Hall–Kier alpha value is 0.217. The van der Waals surface area contributed by atoms with E-state index in [0.717, 1.165) is 17.8 Å². The molecular weight excluding hydrogens is 160 g/mol. The smallest absolute Gasteiger partial charge is 0.0476 e. The molecule has 0 N–H and O–H groups in total. The van der Waals surface area contributed by atoms with Gasteiger partial charge in [0.25, 0.3) is 0 Å². The normalized spacial score (nSPS) is 47.0. The van der Waals surface area contributed by atoms with Gasteiger partial charge >= 0.3 is 0 Å². The monoisotopic (exact) mass is 182 g/mol. The van der Waals surface area contributed by atoms with Gasteiger partial charge in [0.2, 0.25) is 0 Å². The Morgan fingerprint density at radius 2 is 1.58 bits per heavy atom. The second-order valence-electron chi connectivity index (χ2n) is 6.18. The summed E-state index contributed by atoms with van der Waals surface area (Å²) in [6, 6.07) is 0. The maximum absolute atomic E-state index is 2.56. The minimum atomic E-state index is -0.807. The second-order valence-corrected chi connectivity index (χ2v) is 11.7. The molecule has 0 amide bonds. The highest BCUT2D eigenvalue weighted by atomic mass is 28.3. The molecule has 2 aliphatic carbocycles. The molecule has 0 spiro atoms. The second kappa shape index (κ2) is 2.60. The van der Waals surface area contributed by atoms with E-state index in [0.29, 0.717) is 0 Å². The first-order valence-corrected chi connectivity index (χ1v) is 9.06. The van der Waals surface area contributed by atoms with Crippen molar-refractivity contribution in [1.82, 2.24) is 0 Å². The van der Waals surface area contributed by atoms with Gasteiger partial charge in [0.1, 0.15) is 0 Å². The fraction of sp³-hybridized carbons (Fsp3) is 1.00. The van der Waals surface area contributed by atoms with Gasteiger partial charge < -0.3 is 0 Å². The summed E-state index contributed by atoms with van der Waals surface area (Å²) < 4.78 is 0. The zero-order valence-electron chi connectivity index (χ0n) is 8.93. The summed E-state index contributed by atoms with van der Waals surface area (Å²) in [7, 11) is -0.807. The van der Waals surface area contributed by atoms with E-state index in [1.807, 2.05) is 0 Å². The van der Waals surface area contributed by atoms with Gasteiger partial charge in [-0.3, -0.25) is 0 Å². The van der Waals surface area contributed by atoms with Crippen LogP contribution in [0.1, 0.15) is 26.2 Å². The van der Waals surface area contributed by atoms with Crippen molar-refractivity contribution in [2.75, 3.05) is 0 Å². The number of fused-ring (bicyclic) bond motifs is 2. The summed E-state index contributed by atoms with van der Waals surface area (Å²) in [4.78, 5) is 0.